The van der Waals surface area contributed by atoms with Crippen LogP contribution in [0.15, 0.2) is 48.7 Å². The summed E-state index contributed by atoms with van der Waals surface area (Å²) < 4.78 is 0. The maximum Gasteiger partial charge on any atom is 0.209 e. The number of hydrogen-bond acceptors (Lipinski definition) is 2. The van der Waals surface area contributed by atoms with E-state index in [9.17, 15) is 5.21 Å². The van der Waals surface area contributed by atoms with E-state index in [1.807, 2.05) is 42.5 Å². The molecule has 0 radical (unpaired) electrons. The molecule has 1 aromatic heterocycles. The minimum atomic E-state index is 0.546. The second-order valence-corrected chi connectivity index (χ2v) is 3.08. The standard InChI is InChI=1S/C12H10N2O/c15-14-10-4-7-12(13-14)9-8-11-5-2-1-3-6-11/h1-10H/b9-8+. The summed E-state index contributed by atoms with van der Waals surface area (Å²) in [5.41, 5.74) is 1.73. The number of hydrogen-bond donors (Lipinski definition) is 0. The number of aromatic nitrogens is 2. The van der Waals surface area contributed by atoms with Crippen molar-refractivity contribution < 1.29 is 4.85 Å². The number of nitrogens with zero attached hydrogens (tertiary/aromatic N) is 2. The molecule has 3 nitrogen and oxygen atoms in total. The first kappa shape index (κ1) is 9.40. The zero-order valence-corrected chi connectivity index (χ0v) is 8.08. The lowest BCUT2D eigenvalue weighted by molar-refractivity contribution is -0.669. The van der Waals surface area contributed by atoms with Crippen molar-refractivity contribution in [2.75, 3.05) is 0 Å². The molecule has 2 aromatic rings. The van der Waals surface area contributed by atoms with E-state index in [1.54, 1.807) is 12.1 Å². The average molecular weight is 198 g/mol. The van der Waals surface area contributed by atoms with Crippen molar-refractivity contribution in [2.24, 2.45) is 0 Å². The highest BCUT2D eigenvalue weighted by molar-refractivity contribution is 5.67. The van der Waals surface area contributed by atoms with E-state index < -0.39 is 0 Å². The zero-order chi connectivity index (χ0) is 10.5. The fourth-order valence-electron chi connectivity index (χ4n) is 1.23. The first-order valence-electron chi connectivity index (χ1n) is 4.64. The SMILES string of the molecule is [O-][n+]1cccc(/C=C/c2ccccc2)n1. The molecule has 1 heterocycles. The van der Waals surface area contributed by atoms with E-state index >= 15 is 0 Å². The molecule has 0 aliphatic carbocycles. The van der Waals surface area contributed by atoms with E-state index in [4.69, 9.17) is 0 Å². The van der Waals surface area contributed by atoms with Crippen LogP contribution in [0.4, 0.5) is 0 Å². The van der Waals surface area contributed by atoms with Gasteiger partial charge in [-0.15, -0.1) is 0 Å². The van der Waals surface area contributed by atoms with Gasteiger partial charge in [-0.2, -0.15) is 0 Å². The Bertz CT molecular complexity index is 466. The van der Waals surface area contributed by atoms with Gasteiger partial charge in [-0.05, 0) is 17.7 Å². The van der Waals surface area contributed by atoms with Crippen LogP contribution < -0.4 is 4.85 Å². The van der Waals surface area contributed by atoms with Crippen molar-refractivity contribution in [1.29, 1.82) is 0 Å². The van der Waals surface area contributed by atoms with Crippen molar-refractivity contribution in [3.8, 4) is 0 Å². The van der Waals surface area contributed by atoms with Crippen LogP contribution in [0.1, 0.15) is 11.3 Å². The molecule has 0 spiro atoms. The minimum absolute atomic E-state index is 0.546. The maximum absolute atomic E-state index is 10.9. The van der Waals surface area contributed by atoms with E-state index in [0.29, 0.717) is 10.5 Å². The van der Waals surface area contributed by atoms with Crippen LogP contribution in [0.2, 0.25) is 0 Å². The van der Waals surface area contributed by atoms with Gasteiger partial charge in [0.05, 0.1) is 0 Å². The summed E-state index contributed by atoms with van der Waals surface area (Å²) in [5.74, 6) is 0. The number of rotatable bonds is 2. The van der Waals surface area contributed by atoms with Gasteiger partial charge >= 0.3 is 0 Å². The predicted molar refractivity (Wildman–Crippen MR) is 58.6 cm³/mol. The van der Waals surface area contributed by atoms with Gasteiger partial charge in [-0.1, -0.05) is 41.3 Å². The summed E-state index contributed by atoms with van der Waals surface area (Å²) in [7, 11) is 0. The van der Waals surface area contributed by atoms with Crippen LogP contribution in [0.3, 0.4) is 0 Å². The molecule has 0 unspecified atom stereocenters. The summed E-state index contributed by atoms with van der Waals surface area (Å²) in [5, 5.41) is 14.6. The summed E-state index contributed by atoms with van der Waals surface area (Å²) in [4.78, 5) is 0.546. The van der Waals surface area contributed by atoms with Crippen molar-refractivity contribution in [2.45, 2.75) is 0 Å². The lowest BCUT2D eigenvalue weighted by Gasteiger charge is -1.93. The van der Waals surface area contributed by atoms with Gasteiger partial charge in [0.15, 0.2) is 0 Å². The highest BCUT2D eigenvalue weighted by atomic mass is 16.5. The Morgan fingerprint density at radius 1 is 1.00 bits per heavy atom. The first-order valence-corrected chi connectivity index (χ1v) is 4.64. The van der Waals surface area contributed by atoms with Gasteiger partial charge in [0.1, 0.15) is 5.69 Å². The fraction of sp³-hybridized carbons (Fsp3) is 0. The molecule has 74 valence electrons. The van der Waals surface area contributed by atoms with Crippen molar-refractivity contribution in [1.82, 2.24) is 5.10 Å². The van der Waals surface area contributed by atoms with Crippen LogP contribution >= 0.6 is 0 Å². The average Bonchev–Trinajstić information content (AvgIpc) is 2.28. The summed E-state index contributed by atoms with van der Waals surface area (Å²) in [6.45, 7) is 0. The quantitative estimate of drug-likeness (QED) is 0.546. The van der Waals surface area contributed by atoms with Crippen LogP contribution in [-0.2, 0) is 0 Å². The molecule has 0 atom stereocenters. The Kier molecular flexibility index (Phi) is 2.74. The molecule has 0 bridgehead atoms. The molecular weight excluding hydrogens is 188 g/mol. The van der Waals surface area contributed by atoms with E-state index in [0.717, 1.165) is 5.56 Å². The van der Waals surface area contributed by atoms with Gasteiger partial charge in [-0.25, -0.2) is 0 Å². The molecule has 3 heteroatoms. The van der Waals surface area contributed by atoms with E-state index in [1.165, 1.54) is 6.20 Å². The molecule has 0 aliphatic rings. The van der Waals surface area contributed by atoms with Gasteiger partial charge in [0, 0.05) is 11.2 Å². The van der Waals surface area contributed by atoms with Gasteiger partial charge in [0.25, 0.3) is 0 Å². The topological polar surface area (TPSA) is 39.8 Å². The van der Waals surface area contributed by atoms with E-state index in [-0.39, 0.29) is 0 Å². The van der Waals surface area contributed by atoms with Gasteiger partial charge in [0.2, 0.25) is 6.20 Å². The molecule has 1 aromatic carbocycles. The van der Waals surface area contributed by atoms with Gasteiger partial charge in [-0.3, -0.25) is 0 Å². The summed E-state index contributed by atoms with van der Waals surface area (Å²) in [6, 6.07) is 13.3. The number of benzene rings is 1. The summed E-state index contributed by atoms with van der Waals surface area (Å²) >= 11 is 0. The molecule has 0 N–H and O–H groups in total. The smallest absolute Gasteiger partial charge is 0.209 e. The Morgan fingerprint density at radius 2 is 1.80 bits per heavy atom. The highest BCUT2D eigenvalue weighted by Crippen LogP contribution is 2.04. The van der Waals surface area contributed by atoms with Crippen LogP contribution in [-0.4, -0.2) is 5.10 Å². The van der Waals surface area contributed by atoms with Crippen molar-refractivity contribution >= 4 is 12.2 Å². The molecule has 2 rings (SSSR count). The van der Waals surface area contributed by atoms with Gasteiger partial charge < -0.3 is 5.21 Å². The summed E-state index contributed by atoms with van der Waals surface area (Å²) in [6.07, 6.45) is 5.09. The Morgan fingerprint density at radius 3 is 2.53 bits per heavy atom. The van der Waals surface area contributed by atoms with E-state index in [2.05, 4.69) is 5.10 Å². The molecule has 0 saturated carbocycles. The predicted octanol–water partition coefficient (Wildman–Crippen LogP) is 1.89. The van der Waals surface area contributed by atoms with Crippen LogP contribution in [0.5, 0.6) is 0 Å². The Balaban J connectivity index is 2.19. The lowest BCUT2D eigenvalue weighted by Crippen LogP contribution is -2.30. The monoisotopic (exact) mass is 198 g/mol. The minimum Gasteiger partial charge on any atom is -0.594 e. The van der Waals surface area contributed by atoms with Crippen LogP contribution in [0, 0.1) is 5.21 Å². The third kappa shape index (κ3) is 2.64. The van der Waals surface area contributed by atoms with Crippen LogP contribution in [0.25, 0.3) is 12.2 Å². The maximum atomic E-state index is 10.9. The first-order chi connectivity index (χ1) is 7.34. The Hall–Kier alpha value is -2.16. The third-order valence-corrected chi connectivity index (χ3v) is 1.94. The normalized spacial score (nSPS) is 10.7. The second-order valence-electron chi connectivity index (χ2n) is 3.08. The molecule has 0 amide bonds. The lowest BCUT2D eigenvalue weighted by atomic mass is 10.2. The molecule has 0 saturated heterocycles. The molecule has 0 aliphatic heterocycles. The second kappa shape index (κ2) is 4.37. The molecule has 15 heavy (non-hydrogen) atoms. The largest absolute Gasteiger partial charge is 0.594 e. The fourth-order valence-corrected chi connectivity index (χ4v) is 1.23. The Labute approximate surface area is 87.9 Å². The van der Waals surface area contributed by atoms with Crippen molar-refractivity contribution in [3.63, 3.8) is 0 Å². The van der Waals surface area contributed by atoms with Crippen molar-refractivity contribution in [3.05, 3.63) is 65.1 Å². The molecular formula is C12H10N2O. The highest BCUT2D eigenvalue weighted by Gasteiger charge is 1.93. The zero-order valence-electron chi connectivity index (χ0n) is 8.08. The third-order valence-electron chi connectivity index (χ3n) is 1.94. The molecule has 0 fully saturated rings.